The molecule has 5 nitrogen and oxygen atoms in total. The Balaban J connectivity index is 2.03. The number of anilines is 1. The summed E-state index contributed by atoms with van der Waals surface area (Å²) in [5, 5.41) is 0. The van der Waals surface area contributed by atoms with Crippen LogP contribution in [0.5, 0.6) is 0 Å². The van der Waals surface area contributed by atoms with Gasteiger partial charge in [-0.05, 0) is 25.8 Å². The number of nitrogens with zero attached hydrogens (tertiary/aromatic N) is 3. The highest BCUT2D eigenvalue weighted by atomic mass is 16.5. The molecule has 1 fully saturated rings. The molecule has 5 heteroatoms. The number of ether oxygens (including phenoxy) is 1. The molecule has 0 spiro atoms. The van der Waals surface area contributed by atoms with Gasteiger partial charge in [0.1, 0.15) is 18.7 Å². The molecule has 1 aromatic rings. The average Bonchev–Trinajstić information content (AvgIpc) is 3.11. The lowest BCUT2D eigenvalue weighted by Crippen LogP contribution is -2.33. The maximum absolute atomic E-state index is 11.5. The Kier molecular flexibility index (Phi) is 3.34. The van der Waals surface area contributed by atoms with Crippen LogP contribution in [0.2, 0.25) is 0 Å². The van der Waals surface area contributed by atoms with E-state index < -0.39 is 0 Å². The van der Waals surface area contributed by atoms with Gasteiger partial charge in [-0.2, -0.15) is 0 Å². The summed E-state index contributed by atoms with van der Waals surface area (Å²) in [6, 6.07) is 2.25. The van der Waals surface area contributed by atoms with Crippen molar-refractivity contribution in [2.45, 2.75) is 25.8 Å². The van der Waals surface area contributed by atoms with Crippen LogP contribution in [-0.4, -0.2) is 35.1 Å². The molecule has 86 valence electrons. The molecule has 0 N–H and O–H groups in total. The lowest BCUT2D eigenvalue weighted by atomic mass is 10.4. The van der Waals surface area contributed by atoms with E-state index in [1.54, 1.807) is 6.20 Å². The molecule has 0 unspecified atom stereocenters. The molecular formula is C11H15N3O2. The van der Waals surface area contributed by atoms with Crippen LogP contribution in [0.25, 0.3) is 0 Å². The Labute approximate surface area is 94.5 Å². The number of carbonyl (C=O) groups excluding carboxylic acids is 1. The maximum atomic E-state index is 11.5. The Morgan fingerprint density at radius 1 is 1.62 bits per heavy atom. The lowest BCUT2D eigenvalue weighted by molar-refractivity contribution is -0.141. The molecule has 16 heavy (non-hydrogen) atoms. The number of aromatic nitrogens is 2. The minimum atomic E-state index is -0.201. The van der Waals surface area contributed by atoms with E-state index in [-0.39, 0.29) is 12.5 Å². The molecule has 1 aliphatic rings. The molecule has 1 aliphatic carbocycles. The summed E-state index contributed by atoms with van der Waals surface area (Å²) in [5.74, 6) is 0.596. The van der Waals surface area contributed by atoms with Gasteiger partial charge in [-0.3, -0.25) is 4.79 Å². The van der Waals surface area contributed by atoms with Crippen molar-refractivity contribution in [2.24, 2.45) is 0 Å². The van der Waals surface area contributed by atoms with Crippen molar-refractivity contribution >= 4 is 11.8 Å². The van der Waals surface area contributed by atoms with Crippen LogP contribution in [0.1, 0.15) is 19.8 Å². The first-order valence-electron chi connectivity index (χ1n) is 5.49. The van der Waals surface area contributed by atoms with Gasteiger partial charge in [0.05, 0.1) is 6.61 Å². The Bertz CT molecular complexity index is 352. The normalized spacial score (nSPS) is 14.6. The number of esters is 1. The van der Waals surface area contributed by atoms with Crippen LogP contribution in [0.4, 0.5) is 5.82 Å². The van der Waals surface area contributed by atoms with Crippen LogP contribution < -0.4 is 4.90 Å². The smallest absolute Gasteiger partial charge is 0.325 e. The first-order valence-corrected chi connectivity index (χ1v) is 5.49. The fourth-order valence-electron chi connectivity index (χ4n) is 1.58. The second-order valence-electron chi connectivity index (χ2n) is 3.73. The van der Waals surface area contributed by atoms with E-state index in [0.717, 1.165) is 18.7 Å². The van der Waals surface area contributed by atoms with E-state index in [9.17, 15) is 4.79 Å². The maximum Gasteiger partial charge on any atom is 0.325 e. The Morgan fingerprint density at radius 3 is 3.00 bits per heavy atom. The van der Waals surface area contributed by atoms with Crippen LogP contribution in [0.15, 0.2) is 18.6 Å². The topological polar surface area (TPSA) is 55.3 Å². The molecular weight excluding hydrogens is 206 g/mol. The third kappa shape index (κ3) is 2.68. The van der Waals surface area contributed by atoms with Gasteiger partial charge in [-0.25, -0.2) is 9.97 Å². The summed E-state index contributed by atoms with van der Waals surface area (Å²) in [4.78, 5) is 21.5. The number of carbonyl (C=O) groups is 1. The summed E-state index contributed by atoms with van der Waals surface area (Å²) in [6.07, 6.45) is 5.41. The molecule has 0 saturated heterocycles. The molecule has 0 atom stereocenters. The minimum absolute atomic E-state index is 0.201. The fraction of sp³-hybridized carbons (Fsp3) is 0.545. The summed E-state index contributed by atoms with van der Waals surface area (Å²) >= 11 is 0. The highest BCUT2D eigenvalue weighted by Gasteiger charge is 2.31. The predicted octanol–water partition coefficient (Wildman–Crippen LogP) is 1.01. The third-order valence-electron chi connectivity index (χ3n) is 2.45. The predicted molar refractivity (Wildman–Crippen MR) is 59.0 cm³/mol. The standard InChI is InChI=1S/C11H15N3O2/c1-2-16-11(15)7-14(9-3-4-9)10-5-6-12-8-13-10/h5-6,8-9H,2-4,7H2,1H3. The van der Waals surface area contributed by atoms with Gasteiger partial charge >= 0.3 is 5.97 Å². The molecule has 1 heterocycles. The third-order valence-corrected chi connectivity index (χ3v) is 2.45. The molecule has 0 bridgehead atoms. The van der Waals surface area contributed by atoms with Crippen LogP contribution in [-0.2, 0) is 9.53 Å². The second-order valence-corrected chi connectivity index (χ2v) is 3.73. The van der Waals surface area contributed by atoms with Crippen molar-refractivity contribution in [3.05, 3.63) is 18.6 Å². The second kappa shape index (κ2) is 4.92. The SMILES string of the molecule is CCOC(=O)CN(c1ccncn1)C1CC1. The first kappa shape index (κ1) is 10.9. The summed E-state index contributed by atoms with van der Waals surface area (Å²) < 4.78 is 4.95. The van der Waals surface area contributed by atoms with Gasteiger partial charge in [-0.1, -0.05) is 0 Å². The van der Waals surface area contributed by atoms with E-state index in [1.165, 1.54) is 6.33 Å². The van der Waals surface area contributed by atoms with E-state index in [2.05, 4.69) is 9.97 Å². The van der Waals surface area contributed by atoms with Gasteiger partial charge in [0.25, 0.3) is 0 Å². The van der Waals surface area contributed by atoms with Gasteiger partial charge in [-0.15, -0.1) is 0 Å². The van der Waals surface area contributed by atoms with Crippen molar-refractivity contribution in [1.82, 2.24) is 9.97 Å². The first-order chi connectivity index (χ1) is 7.81. The molecule has 1 aromatic heterocycles. The molecule has 1 saturated carbocycles. The van der Waals surface area contributed by atoms with Gasteiger partial charge in [0.15, 0.2) is 0 Å². The highest BCUT2D eigenvalue weighted by Crippen LogP contribution is 2.29. The van der Waals surface area contributed by atoms with Gasteiger partial charge in [0.2, 0.25) is 0 Å². The van der Waals surface area contributed by atoms with Gasteiger partial charge in [0, 0.05) is 12.2 Å². The molecule has 2 rings (SSSR count). The number of hydrogen-bond acceptors (Lipinski definition) is 5. The fourth-order valence-corrected chi connectivity index (χ4v) is 1.58. The molecule has 0 amide bonds. The largest absolute Gasteiger partial charge is 0.465 e. The highest BCUT2D eigenvalue weighted by molar-refractivity contribution is 5.75. The van der Waals surface area contributed by atoms with Crippen molar-refractivity contribution in [2.75, 3.05) is 18.1 Å². The number of hydrogen-bond donors (Lipinski definition) is 0. The van der Waals surface area contributed by atoms with E-state index >= 15 is 0 Å². The summed E-state index contributed by atoms with van der Waals surface area (Å²) in [6.45, 7) is 2.50. The van der Waals surface area contributed by atoms with Crippen LogP contribution in [0, 0.1) is 0 Å². The van der Waals surface area contributed by atoms with Gasteiger partial charge < -0.3 is 9.64 Å². The van der Waals surface area contributed by atoms with E-state index in [1.807, 2.05) is 17.9 Å². The summed E-state index contributed by atoms with van der Waals surface area (Å²) in [5.41, 5.74) is 0. The average molecular weight is 221 g/mol. The van der Waals surface area contributed by atoms with Crippen molar-refractivity contribution in [1.29, 1.82) is 0 Å². The zero-order valence-electron chi connectivity index (χ0n) is 9.30. The van der Waals surface area contributed by atoms with E-state index in [4.69, 9.17) is 4.74 Å². The van der Waals surface area contributed by atoms with Crippen molar-refractivity contribution in [3.63, 3.8) is 0 Å². The zero-order chi connectivity index (χ0) is 11.4. The quantitative estimate of drug-likeness (QED) is 0.694. The minimum Gasteiger partial charge on any atom is -0.465 e. The number of rotatable bonds is 5. The van der Waals surface area contributed by atoms with E-state index in [0.29, 0.717) is 12.6 Å². The molecule has 0 aromatic carbocycles. The van der Waals surface area contributed by atoms with Crippen LogP contribution >= 0.6 is 0 Å². The molecule has 0 radical (unpaired) electrons. The Hall–Kier alpha value is -1.65. The lowest BCUT2D eigenvalue weighted by Gasteiger charge is -2.21. The van der Waals surface area contributed by atoms with Crippen LogP contribution in [0.3, 0.4) is 0 Å². The monoisotopic (exact) mass is 221 g/mol. The summed E-state index contributed by atoms with van der Waals surface area (Å²) in [7, 11) is 0. The Morgan fingerprint density at radius 2 is 2.44 bits per heavy atom. The van der Waals surface area contributed by atoms with Crippen molar-refractivity contribution < 1.29 is 9.53 Å². The zero-order valence-corrected chi connectivity index (χ0v) is 9.30. The molecule has 0 aliphatic heterocycles. The van der Waals surface area contributed by atoms with Crippen molar-refractivity contribution in [3.8, 4) is 0 Å².